The number of pyridine rings is 1. The van der Waals surface area contributed by atoms with Crippen LogP contribution in [-0.2, 0) is 24.1 Å². The molecule has 0 spiro atoms. The Bertz CT molecular complexity index is 1040. The molecule has 28 heavy (non-hydrogen) atoms. The van der Waals surface area contributed by atoms with Crippen molar-refractivity contribution in [3.05, 3.63) is 53.5 Å². The molecular weight excluding hydrogens is 356 g/mol. The minimum Gasteiger partial charge on any atom is -0.506 e. The van der Waals surface area contributed by atoms with Crippen LogP contribution >= 0.6 is 0 Å². The maximum Gasteiger partial charge on any atom is 0.407 e. The summed E-state index contributed by atoms with van der Waals surface area (Å²) in [5.41, 5.74) is 10.7. The van der Waals surface area contributed by atoms with Crippen LogP contribution in [0.2, 0.25) is 0 Å². The van der Waals surface area contributed by atoms with Crippen LogP contribution in [0.5, 0.6) is 5.75 Å². The van der Waals surface area contributed by atoms with Gasteiger partial charge < -0.3 is 25.5 Å². The maximum absolute atomic E-state index is 12.0. The molecule has 0 saturated carbocycles. The van der Waals surface area contributed by atoms with E-state index < -0.39 is 6.09 Å². The maximum atomic E-state index is 12.0. The summed E-state index contributed by atoms with van der Waals surface area (Å²) in [6, 6.07) is 9.15. The second-order valence-corrected chi connectivity index (χ2v) is 7.46. The van der Waals surface area contributed by atoms with E-state index in [1.807, 2.05) is 32.0 Å². The number of nitrogens with two attached hydrogens (primary N) is 1. The van der Waals surface area contributed by atoms with Crippen molar-refractivity contribution in [1.29, 1.82) is 0 Å². The largest absolute Gasteiger partial charge is 0.506 e. The molecule has 0 aliphatic heterocycles. The number of carbonyl (C=O) groups excluding carboxylic acids is 1. The van der Waals surface area contributed by atoms with Crippen molar-refractivity contribution in [3.63, 3.8) is 0 Å². The van der Waals surface area contributed by atoms with Crippen LogP contribution in [0.3, 0.4) is 0 Å². The van der Waals surface area contributed by atoms with Crippen molar-refractivity contribution < 1.29 is 14.6 Å². The molecule has 1 atom stereocenters. The van der Waals surface area contributed by atoms with E-state index in [1.165, 1.54) is 5.56 Å². The predicted octanol–water partition coefficient (Wildman–Crippen LogP) is 2.97. The van der Waals surface area contributed by atoms with Gasteiger partial charge in [-0.1, -0.05) is 0 Å². The third-order valence-corrected chi connectivity index (χ3v) is 5.04. The lowest BCUT2D eigenvalue weighted by Crippen LogP contribution is -2.37. The average Bonchev–Trinajstić information content (AvgIpc) is 3.14. The highest BCUT2D eigenvalue weighted by Crippen LogP contribution is 2.35. The van der Waals surface area contributed by atoms with Gasteiger partial charge in [-0.2, -0.15) is 0 Å². The molecule has 2 heterocycles. The Morgan fingerprint density at radius 2 is 2.21 bits per heavy atom. The van der Waals surface area contributed by atoms with Crippen molar-refractivity contribution in [1.82, 2.24) is 14.9 Å². The number of alkyl carbamates (subject to hydrolysis) is 1. The first kappa shape index (κ1) is 18.2. The average molecular weight is 380 g/mol. The first-order valence-corrected chi connectivity index (χ1v) is 9.42. The lowest BCUT2D eigenvalue weighted by Gasteiger charge is -2.16. The van der Waals surface area contributed by atoms with E-state index in [2.05, 4.69) is 14.9 Å². The van der Waals surface area contributed by atoms with E-state index >= 15 is 0 Å². The number of aromatic hydroxyl groups is 1. The minimum absolute atomic E-state index is 0.0364. The van der Waals surface area contributed by atoms with Crippen LogP contribution in [0.15, 0.2) is 36.5 Å². The second kappa shape index (κ2) is 7.07. The van der Waals surface area contributed by atoms with Crippen molar-refractivity contribution in [3.8, 4) is 5.75 Å². The van der Waals surface area contributed by atoms with E-state index in [9.17, 15) is 9.90 Å². The van der Waals surface area contributed by atoms with Crippen molar-refractivity contribution >= 4 is 22.7 Å². The van der Waals surface area contributed by atoms with E-state index in [1.54, 1.807) is 18.3 Å². The van der Waals surface area contributed by atoms with E-state index in [-0.39, 0.29) is 17.9 Å². The zero-order valence-electron chi connectivity index (χ0n) is 16.0. The van der Waals surface area contributed by atoms with Crippen LogP contribution in [0.1, 0.15) is 30.8 Å². The molecule has 1 aliphatic carbocycles. The SMILES string of the molecule is CC(C)OC(=O)N[C@H]1Cc2c(n(Cc3ncccc3O)c3ccc(N)cc23)C1. The van der Waals surface area contributed by atoms with Crippen LogP contribution in [-0.4, -0.2) is 32.9 Å². The number of nitrogen functional groups attached to an aromatic ring is 1. The van der Waals surface area contributed by atoms with Crippen molar-refractivity contribution in [2.75, 3.05) is 5.73 Å². The lowest BCUT2D eigenvalue weighted by molar-refractivity contribution is 0.112. The van der Waals surface area contributed by atoms with Crippen molar-refractivity contribution in [2.24, 2.45) is 0 Å². The Balaban J connectivity index is 1.69. The van der Waals surface area contributed by atoms with Gasteiger partial charge in [-0.25, -0.2) is 4.79 Å². The van der Waals surface area contributed by atoms with Crippen molar-refractivity contribution in [2.45, 2.75) is 45.4 Å². The van der Waals surface area contributed by atoms with Gasteiger partial charge in [0.1, 0.15) is 11.4 Å². The zero-order valence-corrected chi connectivity index (χ0v) is 16.0. The summed E-state index contributed by atoms with van der Waals surface area (Å²) in [5.74, 6) is 0.168. The molecule has 0 saturated heterocycles. The van der Waals surface area contributed by atoms with Gasteiger partial charge in [0.05, 0.1) is 12.6 Å². The van der Waals surface area contributed by atoms with E-state index in [4.69, 9.17) is 10.5 Å². The number of aromatic nitrogens is 2. The number of benzene rings is 1. The summed E-state index contributed by atoms with van der Waals surface area (Å²) in [4.78, 5) is 16.3. The molecule has 146 valence electrons. The second-order valence-electron chi connectivity index (χ2n) is 7.46. The quantitative estimate of drug-likeness (QED) is 0.604. The molecule has 0 radical (unpaired) electrons. The Kier molecular flexibility index (Phi) is 4.58. The van der Waals surface area contributed by atoms with Crippen LogP contribution in [0.4, 0.5) is 10.5 Å². The summed E-state index contributed by atoms with van der Waals surface area (Å²) in [6.07, 6.45) is 2.51. The first-order valence-electron chi connectivity index (χ1n) is 9.42. The molecule has 1 aliphatic rings. The molecule has 0 bridgehead atoms. The Morgan fingerprint density at radius 1 is 1.39 bits per heavy atom. The number of amides is 1. The molecule has 7 nitrogen and oxygen atoms in total. The fraction of sp³-hybridized carbons (Fsp3) is 0.333. The molecule has 4 N–H and O–H groups in total. The van der Waals surface area contributed by atoms with Gasteiger partial charge >= 0.3 is 6.09 Å². The summed E-state index contributed by atoms with van der Waals surface area (Å²) in [5, 5.41) is 14.2. The smallest absolute Gasteiger partial charge is 0.407 e. The number of nitrogens with zero attached hydrogens (tertiary/aromatic N) is 2. The predicted molar refractivity (Wildman–Crippen MR) is 107 cm³/mol. The summed E-state index contributed by atoms with van der Waals surface area (Å²) in [6.45, 7) is 4.10. The molecular formula is C21H24N4O3. The number of rotatable bonds is 4. The highest BCUT2D eigenvalue weighted by atomic mass is 16.6. The number of ether oxygens (including phenoxy) is 1. The fourth-order valence-electron chi connectivity index (χ4n) is 3.91. The normalized spacial score (nSPS) is 15.8. The number of hydrogen-bond donors (Lipinski definition) is 3. The molecule has 7 heteroatoms. The van der Waals surface area contributed by atoms with Gasteiger partial charge in [-0.15, -0.1) is 0 Å². The molecule has 2 aromatic heterocycles. The summed E-state index contributed by atoms with van der Waals surface area (Å²) in [7, 11) is 0. The Hall–Kier alpha value is -3.22. The van der Waals surface area contributed by atoms with Gasteiger partial charge in [-0.3, -0.25) is 4.98 Å². The van der Waals surface area contributed by atoms with Gasteiger partial charge in [0.25, 0.3) is 0 Å². The number of nitrogens with one attached hydrogen (secondary N) is 1. The fourth-order valence-corrected chi connectivity index (χ4v) is 3.91. The summed E-state index contributed by atoms with van der Waals surface area (Å²) < 4.78 is 7.37. The first-order chi connectivity index (χ1) is 13.4. The Morgan fingerprint density at radius 3 is 2.96 bits per heavy atom. The van der Waals surface area contributed by atoms with Crippen LogP contribution in [0, 0.1) is 0 Å². The number of fused-ring (bicyclic) bond motifs is 3. The van der Waals surface area contributed by atoms with Gasteiger partial charge in [0, 0.05) is 40.9 Å². The topological polar surface area (TPSA) is 102 Å². The zero-order chi connectivity index (χ0) is 19.8. The van der Waals surface area contributed by atoms with Crippen LogP contribution < -0.4 is 11.1 Å². The molecule has 3 aromatic rings. The van der Waals surface area contributed by atoms with E-state index in [0.717, 1.165) is 16.6 Å². The highest BCUT2D eigenvalue weighted by molar-refractivity contribution is 5.89. The van der Waals surface area contributed by atoms with Crippen LogP contribution in [0.25, 0.3) is 10.9 Å². The molecule has 1 aromatic carbocycles. The number of hydrogen-bond acceptors (Lipinski definition) is 5. The molecule has 0 fully saturated rings. The number of anilines is 1. The highest BCUT2D eigenvalue weighted by Gasteiger charge is 2.30. The van der Waals surface area contributed by atoms with Gasteiger partial charge in [0.15, 0.2) is 0 Å². The molecule has 0 unspecified atom stereocenters. The monoisotopic (exact) mass is 380 g/mol. The Labute approximate surface area is 163 Å². The minimum atomic E-state index is -0.400. The molecule has 4 rings (SSSR count). The standard InChI is InChI=1S/C21H24N4O3/c1-12(2)28-21(27)24-14-9-16-15-8-13(22)5-6-18(15)25(19(16)10-14)11-17-20(26)4-3-7-23-17/h3-8,12,14,26H,9-11,22H2,1-2H3,(H,24,27)/t14-/m0/s1. The summed E-state index contributed by atoms with van der Waals surface area (Å²) >= 11 is 0. The third kappa shape index (κ3) is 3.35. The van der Waals surface area contributed by atoms with Gasteiger partial charge in [0.2, 0.25) is 0 Å². The van der Waals surface area contributed by atoms with E-state index in [0.29, 0.717) is 30.8 Å². The molecule has 1 amide bonds. The lowest BCUT2D eigenvalue weighted by atomic mass is 10.1. The number of carbonyl (C=O) groups is 1. The van der Waals surface area contributed by atoms with Gasteiger partial charge in [-0.05, 0) is 56.2 Å². The third-order valence-electron chi connectivity index (χ3n) is 5.04.